The minimum absolute atomic E-state index is 0.104. The van der Waals surface area contributed by atoms with Crippen molar-refractivity contribution in [1.29, 1.82) is 0 Å². The van der Waals surface area contributed by atoms with Crippen molar-refractivity contribution < 1.29 is 37.1 Å². The summed E-state index contributed by atoms with van der Waals surface area (Å²) in [7, 11) is -0.583. The highest BCUT2D eigenvalue weighted by atomic mass is 32.2. The van der Waals surface area contributed by atoms with Crippen LogP contribution in [0.3, 0.4) is 0 Å². The van der Waals surface area contributed by atoms with Gasteiger partial charge in [-0.05, 0) is 19.1 Å². The molecule has 0 atom stereocenters. The van der Waals surface area contributed by atoms with E-state index in [1.807, 2.05) is 0 Å². The van der Waals surface area contributed by atoms with Crippen molar-refractivity contribution in [2.45, 2.75) is 11.8 Å². The number of carbonyl (C=O) groups excluding carboxylic acids is 2. The van der Waals surface area contributed by atoms with E-state index in [9.17, 15) is 18.0 Å². The van der Waals surface area contributed by atoms with Crippen LogP contribution in [0.1, 0.15) is 17.3 Å². The number of hydrogen-bond donors (Lipinski definition) is 3. The maximum atomic E-state index is 12.7. The number of esters is 1. The highest BCUT2D eigenvalue weighted by molar-refractivity contribution is 7.90. The molecule has 14 nitrogen and oxygen atoms in total. The molecular weight excluding hydrogens is 448 g/mol. The van der Waals surface area contributed by atoms with Crippen molar-refractivity contribution in [3.63, 3.8) is 0 Å². The Balaban J connectivity index is 2.22. The Hall–Kier alpha value is -3.98. The lowest BCUT2D eigenvalue weighted by Gasteiger charge is -2.12. The van der Waals surface area contributed by atoms with E-state index in [1.54, 1.807) is 4.72 Å². The number of hydroxylamine groups is 1. The molecule has 0 aliphatic rings. The number of rotatable bonds is 9. The number of aromatic nitrogens is 3. The number of methoxy groups -OCH3 is 2. The van der Waals surface area contributed by atoms with Crippen molar-refractivity contribution in [2.75, 3.05) is 26.6 Å². The van der Waals surface area contributed by atoms with E-state index in [2.05, 4.69) is 30.6 Å². The molecule has 3 N–H and O–H groups in total. The monoisotopic (exact) mass is 468 g/mol. The zero-order valence-corrected chi connectivity index (χ0v) is 18.2. The van der Waals surface area contributed by atoms with Crippen LogP contribution in [0.4, 0.5) is 10.7 Å². The van der Waals surface area contributed by atoms with Gasteiger partial charge >= 0.3 is 24.0 Å². The fourth-order valence-corrected chi connectivity index (χ4v) is 3.23. The molecular formula is C17H20N6O8S. The molecule has 0 fully saturated rings. The number of anilines is 1. The lowest BCUT2D eigenvalue weighted by Crippen LogP contribution is -2.35. The number of amides is 2. The number of benzene rings is 1. The minimum atomic E-state index is -4.50. The smallest absolute Gasteiger partial charge is 0.344 e. The largest absolute Gasteiger partial charge is 0.467 e. The fourth-order valence-electron chi connectivity index (χ4n) is 2.12. The van der Waals surface area contributed by atoms with E-state index < -0.39 is 26.9 Å². The summed E-state index contributed by atoms with van der Waals surface area (Å²) in [5.74, 6) is -1.20. The topological polar surface area (TPSA) is 180 Å². The van der Waals surface area contributed by atoms with E-state index >= 15 is 0 Å². The number of urea groups is 1. The van der Waals surface area contributed by atoms with Gasteiger partial charge in [-0.3, -0.25) is 15.6 Å². The Morgan fingerprint density at radius 3 is 2.22 bits per heavy atom. The van der Waals surface area contributed by atoms with Gasteiger partial charge in [0.2, 0.25) is 5.95 Å². The highest BCUT2D eigenvalue weighted by Crippen LogP contribution is 2.18. The molecule has 0 spiro atoms. The quantitative estimate of drug-likeness (QED) is 0.265. The second kappa shape index (κ2) is 10.9. The summed E-state index contributed by atoms with van der Waals surface area (Å²) in [5.41, 5.74) is 2.05. The molecule has 0 aliphatic carbocycles. The second-order valence-electron chi connectivity index (χ2n) is 5.65. The Morgan fingerprint density at radius 1 is 1.00 bits per heavy atom. The van der Waals surface area contributed by atoms with Crippen molar-refractivity contribution in [1.82, 2.24) is 25.2 Å². The van der Waals surface area contributed by atoms with Crippen LogP contribution in [0.5, 0.6) is 12.0 Å². The van der Waals surface area contributed by atoms with Crippen molar-refractivity contribution in [3.8, 4) is 12.0 Å². The van der Waals surface area contributed by atoms with Gasteiger partial charge in [-0.25, -0.2) is 22.7 Å². The van der Waals surface area contributed by atoms with Gasteiger partial charge in [-0.2, -0.15) is 9.97 Å². The predicted octanol–water partition coefficient (Wildman–Crippen LogP) is 0.568. The third-order valence-corrected chi connectivity index (χ3v) is 4.83. The molecule has 172 valence electrons. The molecule has 0 bridgehead atoms. The van der Waals surface area contributed by atoms with E-state index in [0.717, 1.165) is 6.07 Å². The molecule has 0 saturated heterocycles. The van der Waals surface area contributed by atoms with Crippen molar-refractivity contribution in [2.24, 2.45) is 0 Å². The summed E-state index contributed by atoms with van der Waals surface area (Å²) in [6.45, 7) is 1.45. The Bertz CT molecular complexity index is 1100. The second-order valence-corrected chi connectivity index (χ2v) is 7.31. The van der Waals surface area contributed by atoms with Crippen LogP contribution in [0.15, 0.2) is 41.1 Å². The lowest BCUT2D eigenvalue weighted by molar-refractivity contribution is 0.0606. The lowest BCUT2D eigenvalue weighted by atomic mass is 10.2. The van der Waals surface area contributed by atoms with Crippen LogP contribution in [0.2, 0.25) is 0 Å². The average molecular weight is 468 g/mol. The van der Waals surface area contributed by atoms with Gasteiger partial charge in [-0.15, -0.1) is 4.98 Å². The van der Waals surface area contributed by atoms with E-state index in [-0.39, 0.29) is 29.3 Å². The summed E-state index contributed by atoms with van der Waals surface area (Å²) >= 11 is 0. The molecule has 0 unspecified atom stereocenters. The van der Waals surface area contributed by atoms with Crippen molar-refractivity contribution in [3.05, 3.63) is 41.8 Å². The van der Waals surface area contributed by atoms with Crippen molar-refractivity contribution >= 4 is 28.0 Å². The predicted molar refractivity (Wildman–Crippen MR) is 108 cm³/mol. The number of carbonyl (C=O) groups is 2. The van der Waals surface area contributed by atoms with Gasteiger partial charge in [0.05, 0.1) is 33.1 Å². The number of nitrogens with one attached hydrogen (secondary N) is 3. The van der Waals surface area contributed by atoms with Gasteiger partial charge in [0.1, 0.15) is 10.7 Å². The Morgan fingerprint density at radius 2 is 1.62 bits per heavy atom. The molecule has 1 aromatic carbocycles. The summed E-state index contributed by atoms with van der Waals surface area (Å²) in [5, 5.41) is 2.12. The first-order valence-corrected chi connectivity index (χ1v) is 10.1. The van der Waals surface area contributed by atoms with E-state index in [1.165, 1.54) is 52.7 Å². The maximum absolute atomic E-state index is 12.7. The number of ether oxygens (including phenoxy) is 3. The van der Waals surface area contributed by atoms with Gasteiger partial charge < -0.3 is 14.2 Å². The van der Waals surface area contributed by atoms with E-state index in [0.29, 0.717) is 0 Å². The molecule has 0 aliphatic heterocycles. The fraction of sp³-hybridized carbons (Fsp3) is 0.235. The van der Waals surface area contributed by atoms with Crippen LogP contribution in [-0.4, -0.2) is 56.7 Å². The normalized spacial score (nSPS) is 11.3. The standard InChI is InChI=1S/C17H20N6O8S/c1-10(9-18-30-4)31-13(24)11-7-5-6-8-12(11)32(26,27)23-15(25)19-14-20-16(28-2)22-17(21-14)29-3/h5-9,18H,1-4H3,(H2,19,20,21,22,23,25). The van der Waals surface area contributed by atoms with Gasteiger partial charge in [0.15, 0.2) is 0 Å². The first kappa shape index (κ1) is 24.3. The van der Waals surface area contributed by atoms with Crippen LogP contribution in [0.25, 0.3) is 0 Å². The third-order valence-electron chi connectivity index (χ3n) is 3.44. The summed E-state index contributed by atoms with van der Waals surface area (Å²) in [6, 6.07) is 3.63. The zero-order chi connectivity index (χ0) is 23.7. The first-order chi connectivity index (χ1) is 15.2. The van der Waals surface area contributed by atoms with Crippen LogP contribution in [0, 0.1) is 0 Å². The molecule has 1 heterocycles. The number of hydrogen-bond acceptors (Lipinski definition) is 12. The number of nitrogens with zero attached hydrogens (tertiary/aromatic N) is 3. The summed E-state index contributed by atoms with van der Waals surface area (Å²) in [4.78, 5) is 40.0. The Labute approximate surface area is 183 Å². The molecule has 2 aromatic rings. The Kier molecular flexibility index (Phi) is 8.25. The maximum Gasteiger partial charge on any atom is 0.344 e. The van der Waals surface area contributed by atoms with E-state index in [4.69, 9.17) is 14.2 Å². The molecule has 0 saturated carbocycles. The third kappa shape index (κ3) is 6.51. The number of sulfonamides is 1. The van der Waals surface area contributed by atoms with Gasteiger partial charge in [-0.1, -0.05) is 12.1 Å². The molecule has 2 rings (SSSR count). The molecule has 0 radical (unpaired) electrons. The van der Waals surface area contributed by atoms with Crippen LogP contribution in [-0.2, 0) is 19.6 Å². The molecule has 32 heavy (non-hydrogen) atoms. The number of allylic oxidation sites excluding steroid dienone is 1. The van der Waals surface area contributed by atoms with Gasteiger partial charge in [0.25, 0.3) is 10.0 Å². The zero-order valence-electron chi connectivity index (χ0n) is 17.4. The minimum Gasteiger partial charge on any atom is -0.467 e. The average Bonchev–Trinajstić information content (AvgIpc) is 2.76. The van der Waals surface area contributed by atoms with Crippen LogP contribution >= 0.6 is 0 Å². The first-order valence-electron chi connectivity index (χ1n) is 8.64. The summed E-state index contributed by atoms with van der Waals surface area (Å²) in [6.07, 6.45) is 1.25. The summed E-state index contributed by atoms with van der Waals surface area (Å²) < 4.78 is 42.0. The van der Waals surface area contributed by atoms with Gasteiger partial charge in [0, 0.05) is 0 Å². The molecule has 2 amide bonds. The molecule has 1 aromatic heterocycles. The molecule has 15 heteroatoms. The van der Waals surface area contributed by atoms with Crippen LogP contribution < -0.4 is 25.0 Å². The highest BCUT2D eigenvalue weighted by Gasteiger charge is 2.26. The SMILES string of the molecule is CONC=C(C)OC(=O)c1ccccc1S(=O)(=O)NC(=O)Nc1nc(OC)nc(OC)n1.